The summed E-state index contributed by atoms with van der Waals surface area (Å²) in [5.74, 6) is 0.182. The molecular weight excluding hydrogens is 358 g/mol. The van der Waals surface area contributed by atoms with Crippen molar-refractivity contribution in [1.82, 2.24) is 15.1 Å². The molecule has 2 amide bonds. The van der Waals surface area contributed by atoms with Crippen molar-refractivity contribution in [3.8, 4) is 0 Å². The van der Waals surface area contributed by atoms with Gasteiger partial charge in [0.05, 0.1) is 0 Å². The number of halogens is 1. The number of hydrogen-bond acceptors (Lipinski definition) is 3. The van der Waals surface area contributed by atoms with E-state index in [0.717, 1.165) is 43.5 Å². The van der Waals surface area contributed by atoms with E-state index in [9.17, 15) is 9.59 Å². The minimum Gasteiger partial charge on any atom is -0.340 e. The molecule has 0 spiro atoms. The Hall–Kier alpha value is -1.40. The number of benzene rings is 1. The van der Waals surface area contributed by atoms with Crippen molar-refractivity contribution in [3.05, 3.63) is 34.3 Å². The predicted molar refractivity (Wildman–Crippen MR) is 92.3 cm³/mol. The zero-order valence-corrected chi connectivity index (χ0v) is 14.7. The highest BCUT2D eigenvalue weighted by Gasteiger charge is 2.33. The van der Waals surface area contributed by atoms with Crippen molar-refractivity contribution in [2.24, 2.45) is 0 Å². The average molecular weight is 380 g/mol. The van der Waals surface area contributed by atoms with Crippen LogP contribution in [0.3, 0.4) is 0 Å². The maximum absolute atomic E-state index is 12.7. The van der Waals surface area contributed by atoms with Gasteiger partial charge in [-0.1, -0.05) is 22.0 Å². The first-order valence-electron chi connectivity index (χ1n) is 8.20. The molecule has 0 aromatic heterocycles. The first-order chi connectivity index (χ1) is 11.1. The van der Waals surface area contributed by atoms with E-state index >= 15 is 0 Å². The molecule has 124 valence electrons. The second kappa shape index (κ2) is 7.45. The van der Waals surface area contributed by atoms with Crippen LogP contribution in [0.4, 0.5) is 0 Å². The van der Waals surface area contributed by atoms with Crippen LogP contribution in [-0.4, -0.2) is 60.4 Å². The maximum Gasteiger partial charge on any atom is 0.254 e. The first kappa shape index (κ1) is 16.5. The molecular formula is C17H22BrN3O2. The van der Waals surface area contributed by atoms with Crippen LogP contribution < -0.4 is 5.32 Å². The predicted octanol–water partition coefficient (Wildman–Crippen LogP) is 1.88. The Morgan fingerprint density at radius 2 is 2.00 bits per heavy atom. The number of piperazine rings is 1. The Labute approximate surface area is 145 Å². The molecule has 0 bridgehead atoms. The van der Waals surface area contributed by atoms with Crippen molar-refractivity contribution < 1.29 is 9.59 Å². The third kappa shape index (κ3) is 4.32. The van der Waals surface area contributed by atoms with E-state index in [1.807, 2.05) is 34.1 Å². The summed E-state index contributed by atoms with van der Waals surface area (Å²) in [7, 11) is 0. The van der Waals surface area contributed by atoms with Crippen LogP contribution in [0.2, 0.25) is 0 Å². The standard InChI is InChI=1S/C17H22BrN3O2/c18-14-3-1-2-13(12-14)17(23)21(15-4-5-15)9-6-16(22)20-10-7-19-8-11-20/h1-3,12,15,19H,4-11H2. The van der Waals surface area contributed by atoms with E-state index in [1.54, 1.807) is 0 Å². The summed E-state index contributed by atoms with van der Waals surface area (Å²) in [4.78, 5) is 28.8. The molecule has 1 aromatic rings. The number of carbonyl (C=O) groups is 2. The fourth-order valence-electron chi connectivity index (χ4n) is 2.91. The van der Waals surface area contributed by atoms with Crippen LogP contribution >= 0.6 is 15.9 Å². The van der Waals surface area contributed by atoms with E-state index in [1.165, 1.54) is 0 Å². The molecule has 3 rings (SSSR count). The molecule has 1 saturated heterocycles. The molecule has 6 heteroatoms. The van der Waals surface area contributed by atoms with Gasteiger partial charge in [0, 0.05) is 55.2 Å². The van der Waals surface area contributed by atoms with Crippen molar-refractivity contribution in [3.63, 3.8) is 0 Å². The lowest BCUT2D eigenvalue weighted by Gasteiger charge is -2.29. The van der Waals surface area contributed by atoms with Crippen LogP contribution in [0.15, 0.2) is 28.7 Å². The topological polar surface area (TPSA) is 52.7 Å². The van der Waals surface area contributed by atoms with E-state index in [0.29, 0.717) is 24.6 Å². The lowest BCUT2D eigenvalue weighted by molar-refractivity contribution is -0.131. The molecule has 1 saturated carbocycles. The SMILES string of the molecule is O=C(CCN(C(=O)c1cccc(Br)c1)C1CC1)N1CCNCC1. The summed E-state index contributed by atoms with van der Waals surface area (Å²) in [6.07, 6.45) is 2.50. The fraction of sp³-hybridized carbons (Fsp3) is 0.529. The lowest BCUT2D eigenvalue weighted by atomic mass is 10.2. The highest BCUT2D eigenvalue weighted by atomic mass is 79.9. The number of amides is 2. The Morgan fingerprint density at radius 3 is 2.65 bits per heavy atom. The van der Waals surface area contributed by atoms with Gasteiger partial charge >= 0.3 is 0 Å². The molecule has 1 aliphatic heterocycles. The van der Waals surface area contributed by atoms with Crippen molar-refractivity contribution >= 4 is 27.7 Å². The van der Waals surface area contributed by atoms with Crippen molar-refractivity contribution in [2.75, 3.05) is 32.7 Å². The summed E-state index contributed by atoms with van der Waals surface area (Å²) in [6, 6.07) is 7.76. The van der Waals surface area contributed by atoms with Crippen LogP contribution in [0.1, 0.15) is 29.6 Å². The van der Waals surface area contributed by atoms with Gasteiger partial charge in [-0.2, -0.15) is 0 Å². The smallest absolute Gasteiger partial charge is 0.254 e. The fourth-order valence-corrected chi connectivity index (χ4v) is 3.31. The second-order valence-electron chi connectivity index (χ2n) is 6.12. The zero-order valence-electron chi connectivity index (χ0n) is 13.1. The van der Waals surface area contributed by atoms with Crippen molar-refractivity contribution in [2.45, 2.75) is 25.3 Å². The molecule has 5 nitrogen and oxygen atoms in total. The molecule has 2 aliphatic rings. The van der Waals surface area contributed by atoms with Crippen LogP contribution in [0.5, 0.6) is 0 Å². The number of carbonyl (C=O) groups excluding carboxylic acids is 2. The monoisotopic (exact) mass is 379 g/mol. The van der Waals surface area contributed by atoms with Crippen LogP contribution in [-0.2, 0) is 4.79 Å². The Kier molecular flexibility index (Phi) is 5.33. The van der Waals surface area contributed by atoms with Crippen LogP contribution in [0.25, 0.3) is 0 Å². The van der Waals surface area contributed by atoms with Gasteiger partial charge in [-0.15, -0.1) is 0 Å². The van der Waals surface area contributed by atoms with Gasteiger partial charge < -0.3 is 15.1 Å². The van der Waals surface area contributed by atoms with Gasteiger partial charge in [0.25, 0.3) is 5.91 Å². The highest BCUT2D eigenvalue weighted by Crippen LogP contribution is 2.29. The van der Waals surface area contributed by atoms with Gasteiger partial charge in [-0.25, -0.2) is 0 Å². The molecule has 0 atom stereocenters. The van der Waals surface area contributed by atoms with Crippen molar-refractivity contribution in [1.29, 1.82) is 0 Å². The molecule has 23 heavy (non-hydrogen) atoms. The third-order valence-corrected chi connectivity index (χ3v) is 4.85. The maximum atomic E-state index is 12.7. The lowest BCUT2D eigenvalue weighted by Crippen LogP contribution is -2.47. The van der Waals surface area contributed by atoms with Gasteiger partial charge in [0.15, 0.2) is 0 Å². The van der Waals surface area contributed by atoms with E-state index < -0.39 is 0 Å². The highest BCUT2D eigenvalue weighted by molar-refractivity contribution is 9.10. The van der Waals surface area contributed by atoms with E-state index in [-0.39, 0.29) is 11.8 Å². The summed E-state index contributed by atoms with van der Waals surface area (Å²) in [5.41, 5.74) is 0.681. The molecule has 0 unspecified atom stereocenters. The zero-order chi connectivity index (χ0) is 16.2. The number of rotatable bonds is 5. The Balaban J connectivity index is 1.60. The summed E-state index contributed by atoms with van der Waals surface area (Å²) in [6.45, 7) is 3.76. The van der Waals surface area contributed by atoms with Gasteiger partial charge in [-0.05, 0) is 31.0 Å². The molecule has 2 fully saturated rings. The van der Waals surface area contributed by atoms with E-state index in [2.05, 4.69) is 21.2 Å². The molecule has 1 heterocycles. The molecule has 1 N–H and O–H groups in total. The summed E-state index contributed by atoms with van der Waals surface area (Å²) < 4.78 is 0.899. The number of nitrogens with zero attached hydrogens (tertiary/aromatic N) is 2. The molecule has 1 aliphatic carbocycles. The van der Waals surface area contributed by atoms with Gasteiger partial charge in [0.1, 0.15) is 0 Å². The van der Waals surface area contributed by atoms with Gasteiger partial charge in [0.2, 0.25) is 5.91 Å². The summed E-state index contributed by atoms with van der Waals surface area (Å²) >= 11 is 3.41. The number of hydrogen-bond donors (Lipinski definition) is 1. The van der Waals surface area contributed by atoms with E-state index in [4.69, 9.17) is 0 Å². The Morgan fingerprint density at radius 1 is 1.26 bits per heavy atom. The van der Waals surface area contributed by atoms with Gasteiger partial charge in [-0.3, -0.25) is 9.59 Å². The third-order valence-electron chi connectivity index (χ3n) is 4.36. The Bertz CT molecular complexity index is 583. The largest absolute Gasteiger partial charge is 0.340 e. The minimum absolute atomic E-state index is 0.0295. The second-order valence-corrected chi connectivity index (χ2v) is 7.04. The summed E-state index contributed by atoms with van der Waals surface area (Å²) in [5, 5.41) is 3.24. The van der Waals surface area contributed by atoms with Crippen LogP contribution in [0, 0.1) is 0 Å². The average Bonchev–Trinajstić information content (AvgIpc) is 3.40. The minimum atomic E-state index is 0.0295. The first-order valence-corrected chi connectivity index (χ1v) is 8.99. The number of nitrogens with one attached hydrogen (secondary N) is 1. The molecule has 0 radical (unpaired) electrons. The quantitative estimate of drug-likeness (QED) is 0.849. The normalized spacial score (nSPS) is 17.9. The molecule has 1 aromatic carbocycles.